The van der Waals surface area contributed by atoms with Crippen molar-refractivity contribution in [2.45, 2.75) is 5.38 Å². The number of hydrogen-bond acceptors (Lipinski definition) is 2. The average Bonchev–Trinajstić information content (AvgIpc) is 1.65. The fourth-order valence-electron chi connectivity index (χ4n) is 0.0321. The second-order valence-corrected chi connectivity index (χ2v) is 1.22. The SMILES string of the molecule is O=CC(Cl)C=O.[Na]. The largest absolute Gasteiger partial charge is 0.301 e. The van der Waals surface area contributed by atoms with Crippen LogP contribution in [-0.4, -0.2) is 47.5 Å². The van der Waals surface area contributed by atoms with Crippen LogP contribution in [0.4, 0.5) is 0 Å². The summed E-state index contributed by atoms with van der Waals surface area (Å²) in [5.41, 5.74) is 0. The minimum Gasteiger partial charge on any atom is -0.301 e. The molecule has 0 aliphatic heterocycles. The van der Waals surface area contributed by atoms with Crippen LogP contribution in [0, 0.1) is 0 Å². The van der Waals surface area contributed by atoms with Gasteiger partial charge in [-0.25, -0.2) is 0 Å². The molecule has 0 aliphatic carbocycles. The van der Waals surface area contributed by atoms with E-state index in [2.05, 4.69) is 0 Å². The van der Waals surface area contributed by atoms with E-state index in [0.717, 1.165) is 0 Å². The smallest absolute Gasteiger partial charge is 0.145 e. The number of carbonyl (C=O) groups excluding carboxylic acids is 2. The molecular formula is C3H3ClNaO2. The summed E-state index contributed by atoms with van der Waals surface area (Å²) in [7, 11) is 0. The van der Waals surface area contributed by atoms with Crippen LogP contribution in [-0.2, 0) is 9.59 Å². The van der Waals surface area contributed by atoms with E-state index in [9.17, 15) is 9.59 Å². The van der Waals surface area contributed by atoms with Crippen molar-refractivity contribution in [2.75, 3.05) is 0 Å². The van der Waals surface area contributed by atoms with Gasteiger partial charge in [0.25, 0.3) is 0 Å². The predicted molar refractivity (Wildman–Crippen MR) is 27.5 cm³/mol. The van der Waals surface area contributed by atoms with Crippen molar-refractivity contribution < 1.29 is 9.59 Å². The zero-order valence-corrected chi connectivity index (χ0v) is 6.68. The first-order valence-corrected chi connectivity index (χ1v) is 1.79. The number of alkyl halides is 1. The maximum Gasteiger partial charge on any atom is 0.145 e. The molecule has 0 bridgehead atoms. The van der Waals surface area contributed by atoms with Crippen LogP contribution in [0.25, 0.3) is 0 Å². The van der Waals surface area contributed by atoms with E-state index < -0.39 is 5.38 Å². The Morgan fingerprint density at radius 3 is 1.57 bits per heavy atom. The first-order valence-electron chi connectivity index (χ1n) is 1.36. The summed E-state index contributed by atoms with van der Waals surface area (Å²) >= 11 is 4.91. The van der Waals surface area contributed by atoms with Crippen LogP contribution in [0.15, 0.2) is 0 Å². The molecule has 0 atom stereocenters. The normalized spacial score (nSPS) is 7.14. The van der Waals surface area contributed by atoms with Crippen LogP contribution in [0.2, 0.25) is 0 Å². The molecule has 4 heteroatoms. The number of carbonyl (C=O) groups is 2. The van der Waals surface area contributed by atoms with Crippen LogP contribution in [0.3, 0.4) is 0 Å². The molecule has 0 N–H and O–H groups in total. The topological polar surface area (TPSA) is 34.1 Å². The number of halogens is 1. The Bertz CT molecular complexity index is 58.0. The number of hydrogen-bond donors (Lipinski definition) is 0. The summed E-state index contributed by atoms with van der Waals surface area (Å²) in [6, 6.07) is 0. The fraction of sp³-hybridized carbons (Fsp3) is 0.333. The molecule has 7 heavy (non-hydrogen) atoms. The van der Waals surface area contributed by atoms with Crippen LogP contribution in [0.5, 0.6) is 0 Å². The van der Waals surface area contributed by atoms with Crippen molar-refractivity contribution in [3.8, 4) is 0 Å². The quantitative estimate of drug-likeness (QED) is 0.220. The van der Waals surface area contributed by atoms with Gasteiger partial charge in [0, 0.05) is 29.6 Å². The molecule has 0 aromatic rings. The maximum atomic E-state index is 9.37. The summed E-state index contributed by atoms with van der Waals surface area (Å²) in [5.74, 6) is 0. The van der Waals surface area contributed by atoms with Gasteiger partial charge in [0.1, 0.15) is 17.9 Å². The van der Waals surface area contributed by atoms with Gasteiger partial charge in [0.15, 0.2) is 0 Å². The van der Waals surface area contributed by atoms with Gasteiger partial charge in [-0.3, -0.25) is 0 Å². The Labute approximate surface area is 68.5 Å². The van der Waals surface area contributed by atoms with Gasteiger partial charge in [0.05, 0.1) is 0 Å². The summed E-state index contributed by atoms with van der Waals surface area (Å²) < 4.78 is 0. The minimum absolute atomic E-state index is 0. The predicted octanol–water partition coefficient (Wildman–Crippen LogP) is -0.389. The Morgan fingerprint density at radius 1 is 1.29 bits per heavy atom. The molecule has 0 amide bonds. The monoisotopic (exact) mass is 129 g/mol. The van der Waals surface area contributed by atoms with E-state index in [1.54, 1.807) is 0 Å². The van der Waals surface area contributed by atoms with Gasteiger partial charge in [-0.15, -0.1) is 11.6 Å². The Kier molecular flexibility index (Phi) is 10.0. The standard InChI is InChI=1S/C3H3ClO2.Na/c4-3(1-5)2-6;/h1-3H;. The molecular weight excluding hydrogens is 126 g/mol. The second-order valence-electron chi connectivity index (χ2n) is 0.717. The first-order chi connectivity index (χ1) is 2.81. The van der Waals surface area contributed by atoms with E-state index >= 15 is 0 Å². The molecule has 2 nitrogen and oxygen atoms in total. The molecule has 0 spiro atoms. The Balaban J connectivity index is 0. The van der Waals surface area contributed by atoms with Crippen molar-refractivity contribution in [3.05, 3.63) is 0 Å². The molecule has 0 aromatic carbocycles. The van der Waals surface area contributed by atoms with Crippen LogP contribution in [0.1, 0.15) is 0 Å². The number of aldehydes is 2. The molecule has 35 valence electrons. The molecule has 0 saturated carbocycles. The maximum absolute atomic E-state index is 9.37. The Morgan fingerprint density at radius 2 is 1.57 bits per heavy atom. The second kappa shape index (κ2) is 6.63. The molecule has 0 saturated heterocycles. The zero-order chi connectivity index (χ0) is 4.99. The average molecular weight is 129 g/mol. The fourth-order valence-corrected chi connectivity index (χ4v) is 0.0321. The molecule has 1 radical (unpaired) electrons. The van der Waals surface area contributed by atoms with Crippen molar-refractivity contribution in [1.82, 2.24) is 0 Å². The van der Waals surface area contributed by atoms with Crippen molar-refractivity contribution in [1.29, 1.82) is 0 Å². The molecule has 0 fully saturated rings. The summed E-state index contributed by atoms with van der Waals surface area (Å²) in [6.45, 7) is 0. The molecule has 0 aliphatic rings. The van der Waals surface area contributed by atoms with E-state index in [1.807, 2.05) is 0 Å². The van der Waals surface area contributed by atoms with E-state index in [1.165, 1.54) is 0 Å². The van der Waals surface area contributed by atoms with Crippen LogP contribution < -0.4 is 0 Å². The van der Waals surface area contributed by atoms with E-state index in [0.29, 0.717) is 12.6 Å². The Hall–Kier alpha value is 0.630. The molecule has 0 heterocycles. The first kappa shape index (κ1) is 10.6. The van der Waals surface area contributed by atoms with Gasteiger partial charge in [-0.2, -0.15) is 0 Å². The summed E-state index contributed by atoms with van der Waals surface area (Å²) in [4.78, 5) is 18.7. The third-order valence-corrected chi connectivity index (χ3v) is 0.466. The molecule has 0 aromatic heterocycles. The van der Waals surface area contributed by atoms with E-state index in [-0.39, 0.29) is 29.6 Å². The number of rotatable bonds is 2. The van der Waals surface area contributed by atoms with Crippen molar-refractivity contribution in [3.63, 3.8) is 0 Å². The van der Waals surface area contributed by atoms with Crippen molar-refractivity contribution in [2.24, 2.45) is 0 Å². The molecule has 0 unspecified atom stereocenters. The minimum atomic E-state index is -0.954. The third kappa shape index (κ3) is 6.63. The van der Waals surface area contributed by atoms with Gasteiger partial charge >= 0.3 is 0 Å². The van der Waals surface area contributed by atoms with Gasteiger partial charge in [-0.05, 0) is 0 Å². The molecule has 0 rings (SSSR count). The van der Waals surface area contributed by atoms with Crippen molar-refractivity contribution >= 4 is 53.7 Å². The van der Waals surface area contributed by atoms with Gasteiger partial charge < -0.3 is 9.59 Å². The van der Waals surface area contributed by atoms with Gasteiger partial charge in [-0.1, -0.05) is 0 Å². The van der Waals surface area contributed by atoms with Crippen LogP contribution >= 0.6 is 11.6 Å². The van der Waals surface area contributed by atoms with E-state index in [4.69, 9.17) is 11.6 Å². The van der Waals surface area contributed by atoms with Gasteiger partial charge in [0.2, 0.25) is 0 Å². The zero-order valence-electron chi connectivity index (χ0n) is 3.93. The summed E-state index contributed by atoms with van der Waals surface area (Å²) in [5, 5.41) is -0.954. The summed E-state index contributed by atoms with van der Waals surface area (Å²) in [6.07, 6.45) is 0.739. The third-order valence-electron chi connectivity index (χ3n) is 0.260.